The molecule has 8 heteroatoms. The summed E-state index contributed by atoms with van der Waals surface area (Å²) in [6.07, 6.45) is 0.265. The molecule has 1 atom stereocenters. The van der Waals surface area contributed by atoms with E-state index >= 15 is 0 Å². The van der Waals surface area contributed by atoms with Crippen LogP contribution in [0.2, 0.25) is 0 Å². The highest BCUT2D eigenvalue weighted by Crippen LogP contribution is 2.20. The van der Waals surface area contributed by atoms with Crippen molar-refractivity contribution in [1.29, 1.82) is 0 Å². The van der Waals surface area contributed by atoms with Gasteiger partial charge in [0.2, 0.25) is 5.91 Å². The Hall–Kier alpha value is -3.68. The van der Waals surface area contributed by atoms with Gasteiger partial charge in [-0.25, -0.2) is 9.59 Å². The Morgan fingerprint density at radius 2 is 1.42 bits per heavy atom. The maximum Gasteiger partial charge on any atom is 0.337 e. The Kier molecular flexibility index (Phi) is 8.31. The molecule has 164 valence electrons. The number of carbonyl (C=O) groups excluding carboxylic acids is 4. The summed E-state index contributed by atoms with van der Waals surface area (Å²) in [7, 11) is 2.42. The lowest BCUT2D eigenvalue weighted by molar-refractivity contribution is -0.127. The predicted octanol–water partition coefficient (Wildman–Crippen LogP) is 3.10. The third kappa shape index (κ3) is 6.67. The summed E-state index contributed by atoms with van der Waals surface area (Å²) in [5.41, 5.74) is 0.920. The number of methoxy groups -OCH3 is 2. The molecule has 8 nitrogen and oxygen atoms in total. The molecule has 0 heterocycles. The van der Waals surface area contributed by atoms with Crippen molar-refractivity contribution in [2.24, 2.45) is 5.92 Å². The molecule has 2 rings (SSSR count). The second-order valence-electron chi connectivity index (χ2n) is 7.28. The molecule has 0 bridgehead atoms. The van der Waals surface area contributed by atoms with Gasteiger partial charge in [-0.1, -0.05) is 44.2 Å². The molecule has 0 aliphatic rings. The lowest BCUT2D eigenvalue weighted by Gasteiger charge is -2.20. The number of hydrogen-bond acceptors (Lipinski definition) is 6. The first-order chi connectivity index (χ1) is 14.7. The van der Waals surface area contributed by atoms with E-state index in [2.05, 4.69) is 10.6 Å². The third-order valence-electron chi connectivity index (χ3n) is 4.34. The Morgan fingerprint density at radius 3 is 1.90 bits per heavy atom. The maximum atomic E-state index is 13.1. The van der Waals surface area contributed by atoms with Crippen molar-refractivity contribution in [2.75, 3.05) is 19.5 Å². The van der Waals surface area contributed by atoms with Gasteiger partial charge in [-0.2, -0.15) is 0 Å². The molecule has 0 aliphatic heterocycles. The predicted molar refractivity (Wildman–Crippen MR) is 115 cm³/mol. The minimum Gasteiger partial charge on any atom is -0.465 e. The second-order valence-corrected chi connectivity index (χ2v) is 7.28. The average molecular weight is 426 g/mol. The van der Waals surface area contributed by atoms with Crippen LogP contribution in [0.1, 0.15) is 52.6 Å². The van der Waals surface area contributed by atoms with Gasteiger partial charge < -0.3 is 20.1 Å². The number of esters is 2. The monoisotopic (exact) mass is 426 g/mol. The molecule has 31 heavy (non-hydrogen) atoms. The summed E-state index contributed by atoms with van der Waals surface area (Å²) in [6.45, 7) is 3.81. The Morgan fingerprint density at radius 1 is 0.871 bits per heavy atom. The zero-order valence-corrected chi connectivity index (χ0v) is 17.9. The van der Waals surface area contributed by atoms with Gasteiger partial charge in [0.1, 0.15) is 6.04 Å². The van der Waals surface area contributed by atoms with Crippen LogP contribution in [-0.4, -0.2) is 38.0 Å². The molecule has 2 aromatic carbocycles. The van der Waals surface area contributed by atoms with E-state index < -0.39 is 23.9 Å². The van der Waals surface area contributed by atoms with Crippen molar-refractivity contribution in [3.05, 3.63) is 65.2 Å². The van der Waals surface area contributed by atoms with E-state index in [1.807, 2.05) is 13.8 Å². The van der Waals surface area contributed by atoms with E-state index in [0.717, 1.165) is 0 Å². The highest BCUT2D eigenvalue weighted by molar-refractivity contribution is 6.01. The van der Waals surface area contributed by atoms with Gasteiger partial charge in [0.25, 0.3) is 5.91 Å². The number of hydrogen-bond donors (Lipinski definition) is 2. The van der Waals surface area contributed by atoms with Gasteiger partial charge in [-0.05, 0) is 29.7 Å². The number of amides is 2. The van der Waals surface area contributed by atoms with Crippen molar-refractivity contribution in [3.8, 4) is 0 Å². The van der Waals surface area contributed by atoms with E-state index in [9.17, 15) is 19.2 Å². The first kappa shape index (κ1) is 23.6. The molecule has 0 aromatic heterocycles. The molecule has 2 aromatic rings. The van der Waals surface area contributed by atoms with Crippen molar-refractivity contribution in [2.45, 2.75) is 26.3 Å². The topological polar surface area (TPSA) is 111 Å². The van der Waals surface area contributed by atoms with Gasteiger partial charge in [-0.15, -0.1) is 0 Å². The second kappa shape index (κ2) is 10.9. The Labute approximate surface area is 180 Å². The molecule has 0 aliphatic carbocycles. The number of anilines is 1. The maximum absolute atomic E-state index is 13.1. The number of nitrogens with one attached hydrogen (secondary N) is 2. The summed E-state index contributed by atoms with van der Waals surface area (Å²) < 4.78 is 9.42. The zero-order valence-electron chi connectivity index (χ0n) is 17.9. The fourth-order valence-corrected chi connectivity index (χ4v) is 2.92. The standard InChI is InChI=1S/C23H26N2O6/c1-14(2)10-19(26)25-20(15-8-6-5-7-9-15)21(27)24-18-12-16(22(28)30-3)11-17(13-18)23(29)31-4/h5-9,11-14,20H,10H2,1-4H3,(H,24,27)(H,25,26). The average Bonchev–Trinajstić information content (AvgIpc) is 2.76. The fourth-order valence-electron chi connectivity index (χ4n) is 2.92. The van der Waals surface area contributed by atoms with Crippen molar-refractivity contribution < 1.29 is 28.7 Å². The van der Waals surface area contributed by atoms with E-state index in [4.69, 9.17) is 9.47 Å². The summed E-state index contributed by atoms with van der Waals surface area (Å²) in [6, 6.07) is 11.9. The first-order valence-corrected chi connectivity index (χ1v) is 9.72. The highest BCUT2D eigenvalue weighted by atomic mass is 16.5. The van der Waals surface area contributed by atoms with Crippen LogP contribution in [0, 0.1) is 5.92 Å². The van der Waals surface area contributed by atoms with Crippen LogP contribution in [0.15, 0.2) is 48.5 Å². The summed E-state index contributed by atoms with van der Waals surface area (Å²) in [5, 5.41) is 5.42. The molecule has 1 unspecified atom stereocenters. The van der Waals surface area contributed by atoms with E-state index in [0.29, 0.717) is 5.56 Å². The van der Waals surface area contributed by atoms with Gasteiger partial charge in [0, 0.05) is 12.1 Å². The largest absolute Gasteiger partial charge is 0.465 e. The SMILES string of the molecule is COC(=O)c1cc(NC(=O)C(NC(=O)CC(C)C)c2ccccc2)cc(C(=O)OC)c1. The van der Waals surface area contributed by atoms with Crippen molar-refractivity contribution in [3.63, 3.8) is 0 Å². The third-order valence-corrected chi connectivity index (χ3v) is 4.34. The molecular formula is C23H26N2O6. The van der Waals surface area contributed by atoms with Gasteiger partial charge in [0.15, 0.2) is 0 Å². The molecule has 2 amide bonds. The number of rotatable bonds is 8. The van der Waals surface area contributed by atoms with Gasteiger partial charge in [-0.3, -0.25) is 9.59 Å². The molecule has 0 fully saturated rings. The normalized spacial score (nSPS) is 11.4. The molecule has 2 N–H and O–H groups in total. The highest BCUT2D eigenvalue weighted by Gasteiger charge is 2.24. The lowest BCUT2D eigenvalue weighted by atomic mass is 10.0. The summed E-state index contributed by atoms with van der Waals surface area (Å²) >= 11 is 0. The van der Waals surface area contributed by atoms with Crippen LogP contribution in [0.4, 0.5) is 5.69 Å². The van der Waals surface area contributed by atoms with E-state index in [-0.39, 0.29) is 35.1 Å². The molecule has 0 radical (unpaired) electrons. The lowest BCUT2D eigenvalue weighted by Crippen LogP contribution is -2.37. The molecule has 0 saturated heterocycles. The van der Waals surface area contributed by atoms with E-state index in [1.165, 1.54) is 32.4 Å². The van der Waals surface area contributed by atoms with Crippen LogP contribution >= 0.6 is 0 Å². The van der Waals surface area contributed by atoms with Gasteiger partial charge >= 0.3 is 11.9 Å². The Bertz CT molecular complexity index is 922. The first-order valence-electron chi connectivity index (χ1n) is 9.72. The number of benzene rings is 2. The summed E-state index contributed by atoms with van der Waals surface area (Å²) in [5.74, 6) is -2.02. The van der Waals surface area contributed by atoms with E-state index in [1.54, 1.807) is 30.3 Å². The zero-order chi connectivity index (χ0) is 23.0. The Balaban J connectivity index is 2.36. The number of ether oxygens (including phenoxy) is 2. The van der Waals surface area contributed by atoms with Crippen molar-refractivity contribution >= 4 is 29.4 Å². The fraction of sp³-hybridized carbons (Fsp3) is 0.304. The smallest absolute Gasteiger partial charge is 0.337 e. The minimum absolute atomic E-state index is 0.0702. The van der Waals surface area contributed by atoms with Crippen LogP contribution in [0.25, 0.3) is 0 Å². The van der Waals surface area contributed by atoms with Gasteiger partial charge in [0.05, 0.1) is 25.3 Å². The number of carbonyl (C=O) groups is 4. The van der Waals surface area contributed by atoms with Crippen LogP contribution in [-0.2, 0) is 19.1 Å². The van der Waals surface area contributed by atoms with Crippen molar-refractivity contribution in [1.82, 2.24) is 5.32 Å². The summed E-state index contributed by atoms with van der Waals surface area (Å²) in [4.78, 5) is 49.4. The minimum atomic E-state index is -0.962. The van der Waals surface area contributed by atoms with Crippen LogP contribution in [0.3, 0.4) is 0 Å². The molecular weight excluding hydrogens is 400 g/mol. The molecule has 0 saturated carbocycles. The van der Waals surface area contributed by atoms with Crippen LogP contribution in [0.5, 0.6) is 0 Å². The van der Waals surface area contributed by atoms with Crippen LogP contribution < -0.4 is 10.6 Å². The molecule has 0 spiro atoms. The quantitative estimate of drug-likeness (QED) is 0.628.